The molecule has 0 N–H and O–H groups in total. The van der Waals surface area contributed by atoms with Gasteiger partial charge in [-0.05, 0) is 18.6 Å². The quantitative estimate of drug-likeness (QED) is 0.559. The van der Waals surface area contributed by atoms with E-state index in [0.717, 1.165) is 5.56 Å². The van der Waals surface area contributed by atoms with Gasteiger partial charge in [-0.15, -0.1) is 11.6 Å². The number of benzene rings is 1. The third-order valence-corrected chi connectivity index (χ3v) is 2.49. The minimum absolute atomic E-state index is 0.0509. The highest BCUT2D eigenvalue weighted by molar-refractivity contribution is 6.32. The van der Waals surface area contributed by atoms with Gasteiger partial charge in [-0.3, -0.25) is 4.79 Å². The van der Waals surface area contributed by atoms with E-state index in [2.05, 4.69) is 0 Å². The van der Waals surface area contributed by atoms with Crippen LogP contribution in [0.1, 0.15) is 22.3 Å². The van der Waals surface area contributed by atoms with E-state index in [4.69, 9.17) is 23.2 Å². The molecule has 0 fully saturated rings. The molecule has 0 spiro atoms. The summed E-state index contributed by atoms with van der Waals surface area (Å²) < 4.78 is 0. The van der Waals surface area contributed by atoms with Gasteiger partial charge in [-0.1, -0.05) is 23.7 Å². The summed E-state index contributed by atoms with van der Waals surface area (Å²) in [5.41, 5.74) is 1.51. The molecule has 0 unspecified atom stereocenters. The molecule has 0 atom stereocenters. The van der Waals surface area contributed by atoms with Gasteiger partial charge in [0.25, 0.3) is 0 Å². The predicted molar refractivity (Wildman–Crippen MR) is 55.9 cm³/mol. The Kier molecular flexibility index (Phi) is 3.76. The topological polar surface area (TPSA) is 17.1 Å². The molecule has 1 nitrogen and oxygen atoms in total. The maximum absolute atomic E-state index is 11.5. The summed E-state index contributed by atoms with van der Waals surface area (Å²) >= 11 is 11.4. The van der Waals surface area contributed by atoms with Crippen LogP contribution >= 0.6 is 23.2 Å². The zero-order chi connectivity index (χ0) is 9.84. The normalized spacial score (nSPS) is 10.1. The van der Waals surface area contributed by atoms with Gasteiger partial charge in [0.15, 0.2) is 5.78 Å². The highest BCUT2D eigenvalue weighted by Crippen LogP contribution is 2.19. The second-order valence-corrected chi connectivity index (χ2v) is 3.56. The molecule has 0 aliphatic rings. The summed E-state index contributed by atoms with van der Waals surface area (Å²) in [5, 5.41) is 0.625. The largest absolute Gasteiger partial charge is 0.294 e. The minimum Gasteiger partial charge on any atom is -0.294 e. The van der Waals surface area contributed by atoms with Gasteiger partial charge < -0.3 is 0 Å². The van der Waals surface area contributed by atoms with E-state index in [1.54, 1.807) is 18.2 Å². The maximum atomic E-state index is 11.5. The number of Topliss-reactive ketones (excluding diaryl/α,β-unsaturated/α-hetero) is 1. The van der Waals surface area contributed by atoms with Crippen molar-refractivity contribution in [3.05, 3.63) is 34.3 Å². The van der Waals surface area contributed by atoms with E-state index in [9.17, 15) is 4.79 Å². The molecule has 0 radical (unpaired) electrons. The fraction of sp³-hybridized carbons (Fsp3) is 0.300. The smallest absolute Gasteiger partial charge is 0.164 e. The number of hydrogen-bond donors (Lipinski definition) is 0. The van der Waals surface area contributed by atoms with E-state index in [1.165, 1.54) is 0 Å². The molecular weight excluding hydrogens is 207 g/mol. The Hall–Kier alpha value is -0.530. The number of rotatable bonds is 3. The first-order valence-electron chi connectivity index (χ1n) is 4.01. The lowest BCUT2D eigenvalue weighted by Gasteiger charge is -2.04. The Morgan fingerprint density at radius 2 is 2.15 bits per heavy atom. The fourth-order valence-corrected chi connectivity index (χ4v) is 1.48. The van der Waals surface area contributed by atoms with Crippen LogP contribution in [0.2, 0.25) is 5.02 Å². The molecule has 0 saturated heterocycles. The Labute approximate surface area is 87.7 Å². The summed E-state index contributed by atoms with van der Waals surface area (Å²) in [6.45, 7) is 1.84. The number of halogens is 2. The van der Waals surface area contributed by atoms with Crippen LogP contribution in [0, 0.1) is 6.92 Å². The molecule has 0 aliphatic carbocycles. The number of carbonyl (C=O) groups is 1. The van der Waals surface area contributed by atoms with E-state index in [-0.39, 0.29) is 5.78 Å². The summed E-state index contributed by atoms with van der Waals surface area (Å²) in [6, 6.07) is 5.32. The van der Waals surface area contributed by atoms with E-state index in [1.807, 2.05) is 6.92 Å². The molecule has 1 aromatic carbocycles. The molecule has 0 bridgehead atoms. The SMILES string of the molecule is Cc1c(Cl)cccc1C(=O)CCCl. The van der Waals surface area contributed by atoms with Crippen molar-refractivity contribution in [1.29, 1.82) is 0 Å². The number of hydrogen-bond acceptors (Lipinski definition) is 1. The molecule has 1 aromatic rings. The first-order chi connectivity index (χ1) is 6.16. The van der Waals surface area contributed by atoms with Gasteiger partial charge in [0, 0.05) is 22.9 Å². The van der Waals surface area contributed by atoms with Crippen LogP contribution in [0.25, 0.3) is 0 Å². The van der Waals surface area contributed by atoms with Crippen molar-refractivity contribution in [2.24, 2.45) is 0 Å². The van der Waals surface area contributed by atoms with Crippen LogP contribution in [0.4, 0.5) is 0 Å². The lowest BCUT2D eigenvalue weighted by Crippen LogP contribution is -2.02. The monoisotopic (exact) mass is 216 g/mol. The van der Waals surface area contributed by atoms with Crippen LogP contribution in [0.3, 0.4) is 0 Å². The van der Waals surface area contributed by atoms with Crippen LogP contribution in [-0.4, -0.2) is 11.7 Å². The van der Waals surface area contributed by atoms with Gasteiger partial charge >= 0.3 is 0 Å². The summed E-state index contributed by atoms with van der Waals surface area (Å²) in [6.07, 6.45) is 0.364. The number of alkyl halides is 1. The first-order valence-corrected chi connectivity index (χ1v) is 4.92. The van der Waals surface area contributed by atoms with Crippen molar-refractivity contribution >= 4 is 29.0 Å². The molecule has 0 heterocycles. The zero-order valence-corrected chi connectivity index (χ0v) is 8.82. The Balaban J connectivity index is 3.01. The van der Waals surface area contributed by atoms with Crippen molar-refractivity contribution in [3.8, 4) is 0 Å². The Morgan fingerprint density at radius 3 is 2.77 bits per heavy atom. The van der Waals surface area contributed by atoms with Crippen molar-refractivity contribution in [2.75, 3.05) is 5.88 Å². The lowest BCUT2D eigenvalue weighted by molar-refractivity contribution is 0.0988. The average Bonchev–Trinajstić information content (AvgIpc) is 2.10. The second-order valence-electron chi connectivity index (χ2n) is 2.77. The molecule has 70 valence electrons. The van der Waals surface area contributed by atoms with Gasteiger partial charge in [-0.25, -0.2) is 0 Å². The van der Waals surface area contributed by atoms with Crippen LogP contribution in [-0.2, 0) is 0 Å². The third-order valence-electron chi connectivity index (χ3n) is 1.89. The van der Waals surface area contributed by atoms with E-state index >= 15 is 0 Å². The van der Waals surface area contributed by atoms with Gasteiger partial charge in [0.05, 0.1) is 0 Å². The standard InChI is InChI=1S/C10H10Cl2O/c1-7-8(10(13)5-6-11)3-2-4-9(7)12/h2-4H,5-6H2,1H3. The van der Waals surface area contributed by atoms with E-state index in [0.29, 0.717) is 22.9 Å². The first kappa shape index (κ1) is 10.6. The van der Waals surface area contributed by atoms with Crippen molar-refractivity contribution in [1.82, 2.24) is 0 Å². The van der Waals surface area contributed by atoms with E-state index < -0.39 is 0 Å². The Morgan fingerprint density at radius 1 is 1.46 bits per heavy atom. The molecule has 0 aliphatic heterocycles. The van der Waals surface area contributed by atoms with Gasteiger partial charge in [-0.2, -0.15) is 0 Å². The molecule has 3 heteroatoms. The van der Waals surface area contributed by atoms with Crippen LogP contribution < -0.4 is 0 Å². The van der Waals surface area contributed by atoms with Crippen LogP contribution in [0.5, 0.6) is 0 Å². The maximum Gasteiger partial charge on any atom is 0.164 e. The van der Waals surface area contributed by atoms with Crippen molar-refractivity contribution < 1.29 is 4.79 Å². The summed E-state index contributed by atoms with van der Waals surface area (Å²) in [7, 11) is 0. The lowest BCUT2D eigenvalue weighted by atomic mass is 10.0. The van der Waals surface area contributed by atoms with Gasteiger partial charge in [0.2, 0.25) is 0 Å². The third kappa shape index (κ3) is 2.45. The van der Waals surface area contributed by atoms with Crippen molar-refractivity contribution in [2.45, 2.75) is 13.3 Å². The predicted octanol–water partition coefficient (Wildman–Crippen LogP) is 3.46. The molecular formula is C10H10Cl2O. The molecule has 0 saturated carbocycles. The summed E-state index contributed by atoms with van der Waals surface area (Å²) in [5.74, 6) is 0.403. The second kappa shape index (κ2) is 4.64. The van der Waals surface area contributed by atoms with Crippen LogP contribution in [0.15, 0.2) is 18.2 Å². The molecule has 0 aromatic heterocycles. The molecule has 1 rings (SSSR count). The summed E-state index contributed by atoms with van der Waals surface area (Å²) in [4.78, 5) is 11.5. The highest BCUT2D eigenvalue weighted by atomic mass is 35.5. The fourth-order valence-electron chi connectivity index (χ4n) is 1.13. The molecule has 0 amide bonds. The zero-order valence-electron chi connectivity index (χ0n) is 7.31. The molecule has 13 heavy (non-hydrogen) atoms. The minimum atomic E-state index is 0.0509. The number of ketones is 1. The van der Waals surface area contributed by atoms with Gasteiger partial charge in [0.1, 0.15) is 0 Å². The van der Waals surface area contributed by atoms with Crippen molar-refractivity contribution in [3.63, 3.8) is 0 Å². The number of carbonyl (C=O) groups excluding carboxylic acids is 1. The highest BCUT2D eigenvalue weighted by Gasteiger charge is 2.09. The Bertz CT molecular complexity index is 321. The average molecular weight is 217 g/mol.